The fourth-order valence-electron chi connectivity index (χ4n) is 2.96. The average Bonchev–Trinajstić information content (AvgIpc) is 2.69. The molecule has 1 saturated heterocycles. The summed E-state index contributed by atoms with van der Waals surface area (Å²) in [4.78, 5) is 23.0. The van der Waals surface area contributed by atoms with Crippen molar-refractivity contribution in [1.82, 2.24) is 5.32 Å². The number of ether oxygens (including phenoxy) is 2. The zero-order chi connectivity index (χ0) is 19.9. The summed E-state index contributed by atoms with van der Waals surface area (Å²) in [7, 11) is 0. The lowest BCUT2D eigenvalue weighted by atomic mass is 10.1. The van der Waals surface area contributed by atoms with Crippen LogP contribution in [0.3, 0.4) is 0 Å². The fraction of sp³-hybridized carbons (Fsp3) is 0.333. The summed E-state index contributed by atoms with van der Waals surface area (Å²) >= 11 is 0. The molecule has 0 saturated carbocycles. The standard InChI is InChI=1S/C21H24N2O5/c1-14-12-17(6-7-19(14)28-18-8-10-27-11-9-18)23-21(26)22-13-15-2-4-16(5-3-15)20(24)25/h2-7,12,18H,8-11,13H2,1H3,(H,24,25)(H2,22,23,26). The van der Waals surface area contributed by atoms with Crippen LogP contribution in [0.2, 0.25) is 0 Å². The second-order valence-electron chi connectivity index (χ2n) is 6.72. The highest BCUT2D eigenvalue weighted by Crippen LogP contribution is 2.25. The normalized spacial score (nSPS) is 14.3. The number of hydrogen-bond donors (Lipinski definition) is 3. The molecule has 28 heavy (non-hydrogen) atoms. The molecule has 1 aliphatic rings. The summed E-state index contributed by atoms with van der Waals surface area (Å²) in [5.41, 5.74) is 2.66. The quantitative estimate of drug-likeness (QED) is 0.707. The molecule has 0 aliphatic carbocycles. The monoisotopic (exact) mass is 384 g/mol. The summed E-state index contributed by atoms with van der Waals surface area (Å²) in [6.07, 6.45) is 1.94. The lowest BCUT2D eigenvalue weighted by molar-refractivity contribution is 0.0253. The molecule has 7 nitrogen and oxygen atoms in total. The van der Waals surface area contributed by atoms with Crippen molar-refractivity contribution >= 4 is 17.7 Å². The second-order valence-corrected chi connectivity index (χ2v) is 6.72. The number of aromatic carboxylic acids is 1. The molecule has 0 aromatic heterocycles. The first-order valence-electron chi connectivity index (χ1n) is 9.23. The van der Waals surface area contributed by atoms with Crippen LogP contribution in [0.15, 0.2) is 42.5 Å². The van der Waals surface area contributed by atoms with Gasteiger partial charge in [0, 0.05) is 25.1 Å². The first kappa shape index (κ1) is 19.7. The molecule has 2 amide bonds. The van der Waals surface area contributed by atoms with Crippen LogP contribution in [-0.4, -0.2) is 36.4 Å². The van der Waals surface area contributed by atoms with Crippen molar-refractivity contribution in [3.05, 3.63) is 59.2 Å². The average molecular weight is 384 g/mol. The summed E-state index contributed by atoms with van der Waals surface area (Å²) in [6.45, 7) is 3.70. The molecule has 3 rings (SSSR count). The van der Waals surface area contributed by atoms with E-state index in [1.807, 2.05) is 25.1 Å². The van der Waals surface area contributed by atoms with E-state index in [0.717, 1.165) is 42.9 Å². The van der Waals surface area contributed by atoms with Gasteiger partial charge in [-0.3, -0.25) is 0 Å². The number of carbonyl (C=O) groups excluding carboxylic acids is 1. The van der Waals surface area contributed by atoms with Gasteiger partial charge in [-0.2, -0.15) is 0 Å². The Bertz CT molecular complexity index is 829. The smallest absolute Gasteiger partial charge is 0.335 e. The van der Waals surface area contributed by atoms with Crippen LogP contribution in [0.25, 0.3) is 0 Å². The fourth-order valence-corrected chi connectivity index (χ4v) is 2.96. The molecule has 0 radical (unpaired) electrons. The van der Waals surface area contributed by atoms with Crippen molar-refractivity contribution in [2.24, 2.45) is 0 Å². The Kier molecular flexibility index (Phi) is 6.49. The Balaban J connectivity index is 1.50. The van der Waals surface area contributed by atoms with Crippen LogP contribution in [0.1, 0.15) is 34.3 Å². The van der Waals surface area contributed by atoms with E-state index in [1.54, 1.807) is 12.1 Å². The van der Waals surface area contributed by atoms with Crippen LogP contribution in [0.4, 0.5) is 10.5 Å². The third kappa shape index (κ3) is 5.47. The van der Waals surface area contributed by atoms with Gasteiger partial charge in [0.1, 0.15) is 11.9 Å². The minimum atomic E-state index is -0.975. The Morgan fingerprint density at radius 1 is 1.14 bits per heavy atom. The van der Waals surface area contributed by atoms with Gasteiger partial charge in [-0.1, -0.05) is 12.1 Å². The number of hydrogen-bond acceptors (Lipinski definition) is 4. The maximum absolute atomic E-state index is 12.1. The van der Waals surface area contributed by atoms with Crippen molar-refractivity contribution in [2.45, 2.75) is 32.4 Å². The van der Waals surface area contributed by atoms with Crippen molar-refractivity contribution in [2.75, 3.05) is 18.5 Å². The number of anilines is 1. The number of carboxylic acid groups (broad SMARTS) is 1. The number of amides is 2. The van der Waals surface area contributed by atoms with Crippen LogP contribution >= 0.6 is 0 Å². The summed E-state index contributed by atoms with van der Waals surface area (Å²) in [5, 5.41) is 14.4. The molecule has 1 heterocycles. The molecule has 0 bridgehead atoms. The molecule has 1 fully saturated rings. The van der Waals surface area contributed by atoms with Gasteiger partial charge in [0.15, 0.2) is 0 Å². The number of carboxylic acids is 1. The van der Waals surface area contributed by atoms with Gasteiger partial charge in [0.05, 0.1) is 18.8 Å². The van der Waals surface area contributed by atoms with Crippen molar-refractivity contribution in [3.8, 4) is 5.75 Å². The molecular weight excluding hydrogens is 360 g/mol. The molecule has 0 unspecified atom stereocenters. The van der Waals surface area contributed by atoms with Gasteiger partial charge in [0.25, 0.3) is 0 Å². The summed E-state index contributed by atoms with van der Waals surface area (Å²) in [6, 6.07) is 11.6. The van der Waals surface area contributed by atoms with Crippen LogP contribution in [-0.2, 0) is 11.3 Å². The number of urea groups is 1. The number of benzene rings is 2. The Hall–Kier alpha value is -3.06. The minimum absolute atomic E-state index is 0.169. The van der Waals surface area contributed by atoms with Crippen LogP contribution in [0.5, 0.6) is 5.75 Å². The largest absolute Gasteiger partial charge is 0.490 e. The summed E-state index contributed by atoms with van der Waals surface area (Å²) in [5.74, 6) is -0.159. The first-order chi connectivity index (χ1) is 13.5. The van der Waals surface area contributed by atoms with E-state index in [0.29, 0.717) is 12.2 Å². The predicted octanol–water partition coefficient (Wildman–Crippen LogP) is 3.57. The topological polar surface area (TPSA) is 96.9 Å². The zero-order valence-corrected chi connectivity index (χ0v) is 15.7. The molecule has 1 aliphatic heterocycles. The Morgan fingerprint density at radius 3 is 2.50 bits per heavy atom. The molecule has 0 atom stereocenters. The molecular formula is C21H24N2O5. The van der Waals surface area contributed by atoms with Gasteiger partial charge < -0.3 is 25.2 Å². The minimum Gasteiger partial charge on any atom is -0.490 e. The van der Waals surface area contributed by atoms with Crippen LogP contribution < -0.4 is 15.4 Å². The summed E-state index contributed by atoms with van der Waals surface area (Å²) < 4.78 is 11.4. The lowest BCUT2D eigenvalue weighted by Crippen LogP contribution is -2.28. The number of nitrogens with one attached hydrogen (secondary N) is 2. The van der Waals surface area contributed by atoms with Crippen molar-refractivity contribution < 1.29 is 24.2 Å². The number of carbonyl (C=O) groups is 2. The van der Waals surface area contributed by atoms with E-state index in [-0.39, 0.29) is 17.7 Å². The van der Waals surface area contributed by atoms with E-state index < -0.39 is 5.97 Å². The van der Waals surface area contributed by atoms with Crippen LogP contribution in [0, 0.1) is 6.92 Å². The molecule has 2 aromatic rings. The molecule has 2 aromatic carbocycles. The molecule has 7 heteroatoms. The number of rotatable bonds is 6. The lowest BCUT2D eigenvalue weighted by Gasteiger charge is -2.24. The Labute approximate surface area is 163 Å². The van der Waals surface area contributed by atoms with E-state index in [1.165, 1.54) is 12.1 Å². The predicted molar refractivity (Wildman–Crippen MR) is 105 cm³/mol. The molecule has 0 spiro atoms. The van der Waals surface area contributed by atoms with Gasteiger partial charge in [0.2, 0.25) is 0 Å². The van der Waals surface area contributed by atoms with E-state index in [4.69, 9.17) is 14.6 Å². The zero-order valence-electron chi connectivity index (χ0n) is 15.7. The highest BCUT2D eigenvalue weighted by atomic mass is 16.5. The highest BCUT2D eigenvalue weighted by molar-refractivity contribution is 5.89. The van der Waals surface area contributed by atoms with E-state index in [9.17, 15) is 9.59 Å². The number of aryl methyl sites for hydroxylation is 1. The van der Waals surface area contributed by atoms with Gasteiger partial charge in [-0.15, -0.1) is 0 Å². The van der Waals surface area contributed by atoms with Gasteiger partial charge in [-0.25, -0.2) is 9.59 Å². The maximum atomic E-state index is 12.1. The highest BCUT2D eigenvalue weighted by Gasteiger charge is 2.16. The first-order valence-corrected chi connectivity index (χ1v) is 9.23. The third-order valence-corrected chi connectivity index (χ3v) is 4.55. The third-order valence-electron chi connectivity index (χ3n) is 4.55. The molecule has 148 valence electrons. The maximum Gasteiger partial charge on any atom is 0.335 e. The van der Waals surface area contributed by atoms with Gasteiger partial charge in [-0.05, 0) is 48.4 Å². The second kappa shape index (κ2) is 9.23. The van der Waals surface area contributed by atoms with E-state index in [2.05, 4.69) is 10.6 Å². The van der Waals surface area contributed by atoms with Crippen molar-refractivity contribution in [1.29, 1.82) is 0 Å². The van der Waals surface area contributed by atoms with Gasteiger partial charge >= 0.3 is 12.0 Å². The van der Waals surface area contributed by atoms with Crippen molar-refractivity contribution in [3.63, 3.8) is 0 Å². The Morgan fingerprint density at radius 2 is 1.86 bits per heavy atom. The molecule has 3 N–H and O–H groups in total. The SMILES string of the molecule is Cc1cc(NC(=O)NCc2ccc(C(=O)O)cc2)ccc1OC1CCOCC1. The van der Waals surface area contributed by atoms with E-state index >= 15 is 0 Å².